The maximum atomic E-state index is 12.1. The quantitative estimate of drug-likeness (QED) is 0.770. The molecule has 2 aliphatic rings. The first-order chi connectivity index (χ1) is 9.06. The summed E-state index contributed by atoms with van der Waals surface area (Å²) < 4.78 is 0. The Balaban J connectivity index is 1.95. The van der Waals surface area contributed by atoms with Gasteiger partial charge in [0.25, 0.3) is 5.91 Å². The van der Waals surface area contributed by atoms with Crippen molar-refractivity contribution < 1.29 is 4.79 Å². The third-order valence-electron chi connectivity index (χ3n) is 4.70. The maximum absolute atomic E-state index is 12.1. The Morgan fingerprint density at radius 2 is 2.16 bits per heavy atom. The fraction of sp³-hybridized carbons (Fsp3) is 0.562. The summed E-state index contributed by atoms with van der Waals surface area (Å²) in [4.78, 5) is 16.2. The van der Waals surface area contributed by atoms with Crippen molar-refractivity contribution in [2.45, 2.75) is 31.2 Å². The van der Waals surface area contributed by atoms with Crippen LogP contribution in [-0.2, 0) is 6.42 Å². The molecule has 0 radical (unpaired) electrons. The van der Waals surface area contributed by atoms with E-state index in [9.17, 15) is 4.79 Å². The molecule has 1 aliphatic carbocycles. The third kappa shape index (κ3) is 2.16. The van der Waals surface area contributed by atoms with Gasteiger partial charge in [0.2, 0.25) is 0 Å². The molecule has 102 valence electrons. The number of piperidine rings is 1. The Labute approximate surface area is 115 Å². The molecule has 0 saturated carbocycles. The van der Waals surface area contributed by atoms with Crippen LogP contribution in [0.25, 0.3) is 0 Å². The Morgan fingerprint density at radius 1 is 1.37 bits per heavy atom. The summed E-state index contributed by atoms with van der Waals surface area (Å²) >= 11 is 0. The molecule has 1 aliphatic heterocycles. The second-order valence-electron chi connectivity index (χ2n) is 6.17. The molecule has 0 aromatic heterocycles. The normalized spacial score (nSPS) is 25.8. The molecular formula is C16H22N2O. The lowest BCUT2D eigenvalue weighted by Gasteiger charge is -2.42. The van der Waals surface area contributed by atoms with Crippen LogP contribution in [0.5, 0.6) is 0 Å². The molecule has 19 heavy (non-hydrogen) atoms. The minimum atomic E-state index is 0.104. The molecule has 0 N–H and O–H groups in total. The summed E-state index contributed by atoms with van der Waals surface area (Å²) in [5.41, 5.74) is 3.70. The van der Waals surface area contributed by atoms with Crippen LogP contribution < -0.4 is 0 Å². The number of carbonyl (C=O) groups is 1. The molecule has 3 heteroatoms. The van der Waals surface area contributed by atoms with E-state index in [-0.39, 0.29) is 5.91 Å². The van der Waals surface area contributed by atoms with Crippen LogP contribution in [0.4, 0.5) is 0 Å². The zero-order chi connectivity index (χ0) is 13.6. The first-order valence-corrected chi connectivity index (χ1v) is 7.11. The summed E-state index contributed by atoms with van der Waals surface area (Å²) in [6, 6.07) is 6.98. The van der Waals surface area contributed by atoms with Crippen LogP contribution in [-0.4, -0.2) is 49.4 Å². The van der Waals surface area contributed by atoms with E-state index in [1.165, 1.54) is 30.5 Å². The van der Waals surface area contributed by atoms with Crippen molar-refractivity contribution in [3.05, 3.63) is 34.9 Å². The molecule has 1 fully saturated rings. The number of likely N-dealkylation sites (N-methyl/N-ethyl adjacent to an activating group) is 1. The lowest BCUT2D eigenvalue weighted by Crippen LogP contribution is -2.43. The smallest absolute Gasteiger partial charge is 0.253 e. The van der Waals surface area contributed by atoms with E-state index in [1.54, 1.807) is 4.90 Å². The van der Waals surface area contributed by atoms with Gasteiger partial charge in [-0.05, 0) is 62.0 Å². The molecule has 1 amide bonds. The highest BCUT2D eigenvalue weighted by Gasteiger charge is 2.33. The molecule has 1 aromatic rings. The van der Waals surface area contributed by atoms with E-state index < -0.39 is 0 Å². The van der Waals surface area contributed by atoms with E-state index in [0.717, 1.165) is 12.0 Å². The maximum Gasteiger partial charge on any atom is 0.253 e. The van der Waals surface area contributed by atoms with Gasteiger partial charge in [0, 0.05) is 25.7 Å². The molecule has 0 spiro atoms. The lowest BCUT2D eigenvalue weighted by atomic mass is 9.75. The van der Waals surface area contributed by atoms with Gasteiger partial charge in [0.05, 0.1) is 0 Å². The topological polar surface area (TPSA) is 23.6 Å². The number of carbonyl (C=O) groups excluding carboxylic acids is 1. The standard InChI is InChI=1S/C16H22N2O/c1-17(2)16(19)12-4-5-15-11-6-7-18(3)14(9-11)10-13(15)8-12/h4-5,8,11,14H,6-7,9-10H2,1-3H3. The molecule has 1 heterocycles. The summed E-state index contributed by atoms with van der Waals surface area (Å²) in [5, 5.41) is 0. The molecule has 2 unspecified atom stereocenters. The van der Waals surface area contributed by atoms with Gasteiger partial charge in [0.15, 0.2) is 0 Å². The first-order valence-electron chi connectivity index (χ1n) is 7.11. The van der Waals surface area contributed by atoms with E-state index >= 15 is 0 Å². The molecule has 1 saturated heterocycles. The van der Waals surface area contributed by atoms with Crippen molar-refractivity contribution in [3.63, 3.8) is 0 Å². The fourth-order valence-electron chi connectivity index (χ4n) is 3.52. The van der Waals surface area contributed by atoms with Crippen LogP contribution in [0.3, 0.4) is 0 Å². The highest BCUT2D eigenvalue weighted by molar-refractivity contribution is 5.94. The predicted molar refractivity (Wildman–Crippen MR) is 76.6 cm³/mol. The number of hydrogen-bond donors (Lipinski definition) is 0. The predicted octanol–water partition coefficient (Wildman–Crippen LogP) is 2.12. The summed E-state index contributed by atoms with van der Waals surface area (Å²) in [5.74, 6) is 0.806. The van der Waals surface area contributed by atoms with Crippen LogP contribution >= 0.6 is 0 Å². The van der Waals surface area contributed by atoms with E-state index in [0.29, 0.717) is 12.0 Å². The summed E-state index contributed by atoms with van der Waals surface area (Å²) in [7, 11) is 5.84. The van der Waals surface area contributed by atoms with Crippen molar-refractivity contribution in [2.24, 2.45) is 0 Å². The van der Waals surface area contributed by atoms with Gasteiger partial charge in [-0.1, -0.05) is 6.07 Å². The van der Waals surface area contributed by atoms with Gasteiger partial charge in [-0.25, -0.2) is 0 Å². The Hall–Kier alpha value is -1.35. The van der Waals surface area contributed by atoms with E-state index in [2.05, 4.69) is 24.1 Å². The number of rotatable bonds is 1. The highest BCUT2D eigenvalue weighted by Crippen LogP contribution is 2.39. The average molecular weight is 258 g/mol. The number of fused-ring (bicyclic) bond motifs is 4. The van der Waals surface area contributed by atoms with E-state index in [1.807, 2.05) is 20.2 Å². The van der Waals surface area contributed by atoms with Crippen molar-refractivity contribution in [1.29, 1.82) is 0 Å². The minimum absolute atomic E-state index is 0.104. The van der Waals surface area contributed by atoms with Crippen molar-refractivity contribution in [3.8, 4) is 0 Å². The molecule has 2 bridgehead atoms. The van der Waals surface area contributed by atoms with Crippen molar-refractivity contribution >= 4 is 5.91 Å². The zero-order valence-electron chi connectivity index (χ0n) is 12.0. The van der Waals surface area contributed by atoms with Gasteiger partial charge >= 0.3 is 0 Å². The number of benzene rings is 1. The van der Waals surface area contributed by atoms with E-state index in [4.69, 9.17) is 0 Å². The number of amides is 1. The van der Waals surface area contributed by atoms with Crippen molar-refractivity contribution in [2.75, 3.05) is 27.7 Å². The number of likely N-dealkylation sites (tertiary alicyclic amines) is 1. The fourth-order valence-corrected chi connectivity index (χ4v) is 3.52. The van der Waals surface area contributed by atoms with Gasteiger partial charge in [0.1, 0.15) is 0 Å². The molecular weight excluding hydrogens is 236 g/mol. The SMILES string of the molecule is CN(C)C(=O)c1ccc2c(c1)CC1CC2CCN1C. The molecule has 2 atom stereocenters. The monoisotopic (exact) mass is 258 g/mol. The van der Waals surface area contributed by atoms with Crippen LogP contribution in [0, 0.1) is 0 Å². The Morgan fingerprint density at radius 3 is 2.89 bits per heavy atom. The van der Waals surface area contributed by atoms with Crippen LogP contribution in [0.2, 0.25) is 0 Å². The minimum Gasteiger partial charge on any atom is -0.345 e. The Kier molecular flexibility index (Phi) is 3.09. The van der Waals surface area contributed by atoms with Crippen molar-refractivity contribution in [1.82, 2.24) is 9.80 Å². The largest absolute Gasteiger partial charge is 0.345 e. The Bertz CT molecular complexity index is 509. The van der Waals surface area contributed by atoms with Crippen LogP contribution in [0.15, 0.2) is 18.2 Å². The molecule has 3 nitrogen and oxygen atoms in total. The average Bonchev–Trinajstić information content (AvgIpc) is 2.41. The summed E-state index contributed by atoms with van der Waals surface area (Å²) in [6.07, 6.45) is 3.63. The number of nitrogens with zero attached hydrogens (tertiary/aromatic N) is 2. The third-order valence-corrected chi connectivity index (χ3v) is 4.70. The molecule has 3 rings (SSSR count). The van der Waals surface area contributed by atoms with Crippen LogP contribution in [0.1, 0.15) is 40.2 Å². The van der Waals surface area contributed by atoms with Gasteiger partial charge in [-0.3, -0.25) is 4.79 Å². The molecule has 1 aromatic carbocycles. The van der Waals surface area contributed by atoms with Gasteiger partial charge in [-0.2, -0.15) is 0 Å². The second kappa shape index (κ2) is 4.64. The summed E-state index contributed by atoms with van der Waals surface area (Å²) in [6.45, 7) is 1.20. The highest BCUT2D eigenvalue weighted by atomic mass is 16.2. The number of hydrogen-bond acceptors (Lipinski definition) is 2. The van der Waals surface area contributed by atoms with Gasteiger partial charge in [-0.15, -0.1) is 0 Å². The van der Waals surface area contributed by atoms with Gasteiger partial charge < -0.3 is 9.80 Å². The first kappa shape index (κ1) is 12.7. The lowest BCUT2D eigenvalue weighted by molar-refractivity contribution is 0.0827. The zero-order valence-corrected chi connectivity index (χ0v) is 12.0. The second-order valence-corrected chi connectivity index (χ2v) is 6.17.